The molecule has 19 heavy (non-hydrogen) atoms. The Morgan fingerprint density at radius 2 is 1.95 bits per heavy atom. The van der Waals surface area contributed by atoms with Crippen LogP contribution in [0.2, 0.25) is 0 Å². The van der Waals surface area contributed by atoms with Crippen LogP contribution in [0.15, 0.2) is 36.5 Å². The minimum atomic E-state index is 0.675. The van der Waals surface area contributed by atoms with Gasteiger partial charge in [0, 0.05) is 16.3 Å². The van der Waals surface area contributed by atoms with Gasteiger partial charge >= 0.3 is 0 Å². The first-order valence-corrected chi connectivity index (χ1v) is 7.69. The average Bonchev–Trinajstić information content (AvgIpc) is 2.79. The van der Waals surface area contributed by atoms with E-state index in [0.29, 0.717) is 5.92 Å². The lowest BCUT2D eigenvalue weighted by atomic mass is 10.2. The molecule has 0 saturated heterocycles. The second kappa shape index (κ2) is 7.05. The molecule has 0 saturated carbocycles. The molecule has 0 bridgehead atoms. The van der Waals surface area contributed by atoms with Gasteiger partial charge in [0.05, 0.1) is 12.2 Å². The van der Waals surface area contributed by atoms with Gasteiger partial charge in [-0.25, -0.2) is 0 Å². The van der Waals surface area contributed by atoms with Gasteiger partial charge in [0.15, 0.2) is 0 Å². The molecule has 1 aromatic heterocycles. The molecular formula is C15H20IN3. The summed E-state index contributed by atoms with van der Waals surface area (Å²) in [5.74, 6) is 0.675. The van der Waals surface area contributed by atoms with Crippen LogP contribution in [-0.4, -0.2) is 16.3 Å². The number of hydrogen-bond acceptors (Lipinski definition) is 2. The number of benzene rings is 1. The summed E-state index contributed by atoms with van der Waals surface area (Å²) in [6.07, 6.45) is 2.05. The number of rotatable bonds is 6. The van der Waals surface area contributed by atoms with Crippen LogP contribution in [0.25, 0.3) is 0 Å². The van der Waals surface area contributed by atoms with Gasteiger partial charge < -0.3 is 5.32 Å². The Labute approximate surface area is 128 Å². The number of nitrogens with zero attached hydrogens (tertiary/aromatic N) is 2. The van der Waals surface area contributed by atoms with E-state index in [-0.39, 0.29) is 0 Å². The molecule has 1 N–H and O–H groups in total. The Hall–Kier alpha value is -0.880. The van der Waals surface area contributed by atoms with Crippen molar-refractivity contribution in [1.29, 1.82) is 0 Å². The first-order valence-electron chi connectivity index (χ1n) is 6.61. The minimum absolute atomic E-state index is 0.675. The van der Waals surface area contributed by atoms with Crippen LogP contribution in [0.3, 0.4) is 0 Å². The van der Waals surface area contributed by atoms with Crippen LogP contribution < -0.4 is 5.32 Å². The fourth-order valence-electron chi connectivity index (χ4n) is 1.85. The van der Waals surface area contributed by atoms with E-state index in [1.54, 1.807) is 0 Å². The van der Waals surface area contributed by atoms with E-state index in [0.717, 1.165) is 25.3 Å². The van der Waals surface area contributed by atoms with Crippen molar-refractivity contribution in [2.24, 2.45) is 5.92 Å². The van der Waals surface area contributed by atoms with Gasteiger partial charge in [0.1, 0.15) is 0 Å². The summed E-state index contributed by atoms with van der Waals surface area (Å²) in [6.45, 7) is 7.13. The van der Waals surface area contributed by atoms with Gasteiger partial charge in [-0.3, -0.25) is 4.68 Å². The highest BCUT2D eigenvalue weighted by atomic mass is 127. The second-order valence-corrected chi connectivity index (χ2v) is 6.40. The predicted octanol–water partition coefficient (Wildman–Crippen LogP) is 3.28. The summed E-state index contributed by atoms with van der Waals surface area (Å²) < 4.78 is 3.26. The van der Waals surface area contributed by atoms with Crippen LogP contribution in [0.4, 0.5) is 0 Å². The van der Waals surface area contributed by atoms with E-state index in [1.165, 1.54) is 9.13 Å². The molecule has 0 fully saturated rings. The predicted molar refractivity (Wildman–Crippen MR) is 87.0 cm³/mol. The molecule has 0 unspecified atom stereocenters. The molecule has 102 valence electrons. The quantitative estimate of drug-likeness (QED) is 0.792. The Balaban J connectivity index is 1.88. The van der Waals surface area contributed by atoms with Gasteiger partial charge in [-0.1, -0.05) is 26.0 Å². The summed E-state index contributed by atoms with van der Waals surface area (Å²) in [6, 6.07) is 10.6. The third kappa shape index (κ3) is 4.95. The third-order valence-electron chi connectivity index (χ3n) is 2.81. The molecular weight excluding hydrogens is 349 g/mol. The van der Waals surface area contributed by atoms with Crippen molar-refractivity contribution in [2.45, 2.75) is 26.9 Å². The van der Waals surface area contributed by atoms with Crippen molar-refractivity contribution in [3.8, 4) is 0 Å². The van der Waals surface area contributed by atoms with Crippen molar-refractivity contribution in [1.82, 2.24) is 15.1 Å². The van der Waals surface area contributed by atoms with Crippen molar-refractivity contribution in [3.05, 3.63) is 51.4 Å². The van der Waals surface area contributed by atoms with Gasteiger partial charge in [0.2, 0.25) is 0 Å². The summed E-state index contributed by atoms with van der Waals surface area (Å²) in [4.78, 5) is 0. The zero-order valence-corrected chi connectivity index (χ0v) is 13.6. The SMILES string of the molecule is CC(C)CNCc1ccn(Cc2ccc(I)cc2)n1. The number of hydrogen-bond donors (Lipinski definition) is 1. The van der Waals surface area contributed by atoms with Crippen LogP contribution >= 0.6 is 22.6 Å². The lowest BCUT2D eigenvalue weighted by Gasteiger charge is -2.05. The standard InChI is InChI=1S/C15H20IN3/c1-12(2)9-17-10-15-7-8-19(18-15)11-13-3-5-14(16)6-4-13/h3-8,12,17H,9-11H2,1-2H3. The first kappa shape index (κ1) is 14.5. The molecule has 1 heterocycles. The molecule has 3 nitrogen and oxygen atoms in total. The summed E-state index contributed by atoms with van der Waals surface area (Å²) in [7, 11) is 0. The van der Waals surface area contributed by atoms with E-state index in [1.807, 2.05) is 10.9 Å². The molecule has 0 aliphatic heterocycles. The van der Waals surface area contributed by atoms with E-state index >= 15 is 0 Å². The first-order chi connectivity index (χ1) is 9.13. The zero-order valence-electron chi connectivity index (χ0n) is 11.4. The highest BCUT2D eigenvalue weighted by molar-refractivity contribution is 14.1. The maximum atomic E-state index is 4.58. The Morgan fingerprint density at radius 1 is 1.21 bits per heavy atom. The third-order valence-corrected chi connectivity index (χ3v) is 3.53. The Kier molecular flexibility index (Phi) is 5.39. The summed E-state index contributed by atoms with van der Waals surface area (Å²) in [5.41, 5.74) is 2.39. The van der Waals surface area contributed by atoms with Gasteiger partial charge in [0.25, 0.3) is 0 Å². The molecule has 4 heteroatoms. The Morgan fingerprint density at radius 3 is 2.63 bits per heavy atom. The summed E-state index contributed by atoms with van der Waals surface area (Å²) >= 11 is 2.32. The topological polar surface area (TPSA) is 29.9 Å². The summed E-state index contributed by atoms with van der Waals surface area (Å²) in [5, 5.41) is 7.99. The van der Waals surface area contributed by atoms with E-state index in [4.69, 9.17) is 0 Å². The van der Waals surface area contributed by atoms with Crippen LogP contribution in [-0.2, 0) is 13.1 Å². The minimum Gasteiger partial charge on any atom is -0.311 e. The molecule has 0 amide bonds. The highest BCUT2D eigenvalue weighted by Crippen LogP contribution is 2.08. The second-order valence-electron chi connectivity index (χ2n) is 5.16. The zero-order chi connectivity index (χ0) is 13.7. The van der Waals surface area contributed by atoms with Gasteiger partial charge in [-0.05, 0) is 58.8 Å². The molecule has 0 aliphatic rings. The molecule has 0 atom stereocenters. The molecule has 2 aromatic rings. The average molecular weight is 369 g/mol. The van der Waals surface area contributed by atoms with E-state index in [9.17, 15) is 0 Å². The number of aromatic nitrogens is 2. The fourth-order valence-corrected chi connectivity index (χ4v) is 2.21. The maximum Gasteiger partial charge on any atom is 0.0762 e. The van der Waals surface area contributed by atoms with Crippen LogP contribution in [0.5, 0.6) is 0 Å². The largest absolute Gasteiger partial charge is 0.311 e. The fraction of sp³-hybridized carbons (Fsp3) is 0.400. The van der Waals surface area contributed by atoms with Crippen molar-refractivity contribution >= 4 is 22.6 Å². The van der Waals surface area contributed by atoms with E-state index < -0.39 is 0 Å². The molecule has 1 aromatic carbocycles. The van der Waals surface area contributed by atoms with E-state index in [2.05, 4.69) is 77.2 Å². The lowest BCUT2D eigenvalue weighted by Crippen LogP contribution is -2.19. The molecule has 2 rings (SSSR count). The van der Waals surface area contributed by atoms with Gasteiger partial charge in [-0.2, -0.15) is 5.10 Å². The Bertz CT molecular complexity index is 502. The molecule has 0 radical (unpaired) electrons. The lowest BCUT2D eigenvalue weighted by molar-refractivity contribution is 0.543. The highest BCUT2D eigenvalue weighted by Gasteiger charge is 2.01. The van der Waals surface area contributed by atoms with Crippen LogP contribution in [0, 0.1) is 9.49 Å². The molecule has 0 spiro atoms. The number of halogens is 1. The molecule has 0 aliphatic carbocycles. The monoisotopic (exact) mass is 369 g/mol. The van der Waals surface area contributed by atoms with Gasteiger partial charge in [-0.15, -0.1) is 0 Å². The van der Waals surface area contributed by atoms with Crippen molar-refractivity contribution in [2.75, 3.05) is 6.54 Å². The normalized spacial score (nSPS) is 11.2. The van der Waals surface area contributed by atoms with Crippen molar-refractivity contribution < 1.29 is 0 Å². The number of nitrogens with one attached hydrogen (secondary N) is 1. The van der Waals surface area contributed by atoms with Crippen LogP contribution in [0.1, 0.15) is 25.1 Å². The maximum absolute atomic E-state index is 4.58. The van der Waals surface area contributed by atoms with Crippen molar-refractivity contribution in [3.63, 3.8) is 0 Å². The smallest absolute Gasteiger partial charge is 0.0762 e.